The van der Waals surface area contributed by atoms with Gasteiger partial charge in [0.1, 0.15) is 0 Å². The van der Waals surface area contributed by atoms with Crippen molar-refractivity contribution >= 4 is 0 Å². The lowest BCUT2D eigenvalue weighted by molar-refractivity contribution is 0.264. The molecule has 0 aromatic heterocycles. The van der Waals surface area contributed by atoms with Crippen molar-refractivity contribution in [1.82, 2.24) is 0 Å². The maximum Gasteiger partial charge on any atom is -0.00665 e. The smallest absolute Gasteiger partial charge is 0.00665 e. The van der Waals surface area contributed by atoms with Crippen LogP contribution in [0.25, 0.3) is 0 Å². The van der Waals surface area contributed by atoms with Crippen LogP contribution in [0.2, 0.25) is 0 Å². The van der Waals surface area contributed by atoms with Crippen LogP contribution in [0.3, 0.4) is 0 Å². The minimum Gasteiger partial charge on any atom is -0.0608 e. The SMILES string of the molecule is Cc1[c]cc2c(c1)C(C)(C)C(C)C2(C)C. The van der Waals surface area contributed by atoms with Crippen molar-refractivity contribution in [3.8, 4) is 0 Å². The number of aryl methyl sites for hydroxylation is 1. The van der Waals surface area contributed by atoms with Crippen molar-refractivity contribution in [3.05, 3.63) is 34.9 Å². The summed E-state index contributed by atoms with van der Waals surface area (Å²) in [5.74, 6) is 0.676. The lowest BCUT2D eigenvalue weighted by Crippen LogP contribution is -2.30. The van der Waals surface area contributed by atoms with Crippen molar-refractivity contribution in [2.75, 3.05) is 0 Å². The predicted octanol–water partition coefficient (Wildman–Crippen LogP) is 4.00. The molecule has 0 aliphatic heterocycles. The van der Waals surface area contributed by atoms with E-state index >= 15 is 0 Å². The Kier molecular flexibility index (Phi) is 2.05. The summed E-state index contributed by atoms with van der Waals surface area (Å²) in [4.78, 5) is 0. The van der Waals surface area contributed by atoms with Gasteiger partial charge in [-0.2, -0.15) is 0 Å². The van der Waals surface area contributed by atoms with Crippen molar-refractivity contribution in [2.45, 2.75) is 52.4 Å². The standard InChI is InChI=1S/C15H21/c1-10-7-8-12-13(9-10)15(5,6)11(2)14(12,3)4/h8-9,11H,1-6H3. The monoisotopic (exact) mass is 201 g/mol. The minimum absolute atomic E-state index is 0.281. The molecule has 81 valence electrons. The van der Waals surface area contributed by atoms with E-state index in [1.165, 1.54) is 16.7 Å². The molecule has 1 radical (unpaired) electrons. The normalized spacial score (nSPS) is 26.4. The highest BCUT2D eigenvalue weighted by molar-refractivity contribution is 5.47. The van der Waals surface area contributed by atoms with Gasteiger partial charge in [0.2, 0.25) is 0 Å². The van der Waals surface area contributed by atoms with Gasteiger partial charge in [-0.15, -0.1) is 0 Å². The summed E-state index contributed by atoms with van der Waals surface area (Å²) < 4.78 is 0. The van der Waals surface area contributed by atoms with E-state index in [1.54, 1.807) is 0 Å². The minimum atomic E-state index is 0.281. The van der Waals surface area contributed by atoms with Crippen LogP contribution >= 0.6 is 0 Å². The fourth-order valence-electron chi connectivity index (χ4n) is 3.03. The molecule has 15 heavy (non-hydrogen) atoms. The third-order valence-electron chi connectivity index (χ3n) is 4.65. The van der Waals surface area contributed by atoms with Crippen molar-refractivity contribution in [1.29, 1.82) is 0 Å². The highest BCUT2D eigenvalue weighted by atomic mass is 14.5. The first kappa shape index (κ1) is 10.7. The molecule has 0 saturated carbocycles. The summed E-state index contributed by atoms with van der Waals surface area (Å²) in [5, 5.41) is 0. The molecule has 0 N–H and O–H groups in total. The van der Waals surface area contributed by atoms with Gasteiger partial charge < -0.3 is 0 Å². The van der Waals surface area contributed by atoms with Gasteiger partial charge in [0.15, 0.2) is 0 Å². The molecule has 0 nitrogen and oxygen atoms in total. The second-order valence-corrected chi connectivity index (χ2v) is 6.11. The van der Waals surface area contributed by atoms with Gasteiger partial charge in [0.05, 0.1) is 0 Å². The van der Waals surface area contributed by atoms with Gasteiger partial charge in [-0.25, -0.2) is 0 Å². The average molecular weight is 201 g/mol. The Balaban J connectivity index is 2.71. The molecule has 0 spiro atoms. The number of rotatable bonds is 0. The van der Waals surface area contributed by atoms with E-state index in [0.717, 1.165) is 0 Å². The Labute approximate surface area is 93.7 Å². The molecule has 0 heterocycles. The molecule has 1 unspecified atom stereocenters. The largest absolute Gasteiger partial charge is 0.0608 e. The zero-order valence-electron chi connectivity index (χ0n) is 10.7. The van der Waals surface area contributed by atoms with Crippen molar-refractivity contribution < 1.29 is 0 Å². The summed E-state index contributed by atoms with van der Waals surface area (Å²) in [6.45, 7) is 13.9. The predicted molar refractivity (Wildman–Crippen MR) is 65.2 cm³/mol. The Bertz CT molecular complexity index is 396. The Morgan fingerprint density at radius 1 is 1.07 bits per heavy atom. The molecule has 0 amide bonds. The van der Waals surface area contributed by atoms with Crippen LogP contribution < -0.4 is 0 Å². The second-order valence-electron chi connectivity index (χ2n) is 6.11. The van der Waals surface area contributed by atoms with Crippen LogP contribution in [0.1, 0.15) is 51.3 Å². The third kappa shape index (κ3) is 1.27. The van der Waals surface area contributed by atoms with Crippen LogP contribution in [0.15, 0.2) is 12.1 Å². The average Bonchev–Trinajstić information content (AvgIpc) is 2.26. The van der Waals surface area contributed by atoms with Gasteiger partial charge in [-0.1, -0.05) is 46.8 Å². The molecule has 1 aromatic carbocycles. The van der Waals surface area contributed by atoms with Gasteiger partial charge in [0.25, 0.3) is 0 Å². The summed E-state index contributed by atoms with van der Waals surface area (Å²) in [6.07, 6.45) is 0. The first-order valence-corrected chi connectivity index (χ1v) is 5.81. The van der Waals surface area contributed by atoms with E-state index in [4.69, 9.17) is 0 Å². The summed E-state index contributed by atoms with van der Waals surface area (Å²) >= 11 is 0. The van der Waals surface area contributed by atoms with E-state index < -0.39 is 0 Å². The van der Waals surface area contributed by atoms with Crippen LogP contribution in [0.5, 0.6) is 0 Å². The topological polar surface area (TPSA) is 0 Å². The molecule has 0 fully saturated rings. The fourth-order valence-corrected chi connectivity index (χ4v) is 3.03. The zero-order valence-corrected chi connectivity index (χ0v) is 10.7. The highest BCUT2D eigenvalue weighted by Gasteiger charge is 2.48. The van der Waals surface area contributed by atoms with Crippen molar-refractivity contribution in [2.24, 2.45) is 5.92 Å². The first-order valence-electron chi connectivity index (χ1n) is 5.81. The number of hydrogen-bond donors (Lipinski definition) is 0. The Morgan fingerprint density at radius 3 is 2.20 bits per heavy atom. The zero-order chi connectivity index (χ0) is 11.4. The lowest BCUT2D eigenvalue weighted by Gasteiger charge is -2.32. The number of fused-ring (bicyclic) bond motifs is 1. The molecule has 1 atom stereocenters. The quantitative estimate of drug-likeness (QED) is 0.595. The molecule has 1 aliphatic rings. The van der Waals surface area contributed by atoms with E-state index in [0.29, 0.717) is 11.3 Å². The van der Waals surface area contributed by atoms with E-state index in [2.05, 4.69) is 59.7 Å². The maximum atomic E-state index is 3.35. The highest BCUT2D eigenvalue weighted by Crippen LogP contribution is 2.53. The molecule has 1 aromatic rings. The van der Waals surface area contributed by atoms with Crippen LogP contribution in [0.4, 0.5) is 0 Å². The van der Waals surface area contributed by atoms with E-state index in [1.807, 2.05) is 0 Å². The van der Waals surface area contributed by atoms with Crippen molar-refractivity contribution in [3.63, 3.8) is 0 Å². The maximum absolute atomic E-state index is 3.35. The van der Waals surface area contributed by atoms with Crippen LogP contribution in [-0.2, 0) is 10.8 Å². The fraction of sp³-hybridized carbons (Fsp3) is 0.600. The van der Waals surface area contributed by atoms with Gasteiger partial charge in [-0.3, -0.25) is 0 Å². The molecule has 0 bridgehead atoms. The molecular weight excluding hydrogens is 180 g/mol. The summed E-state index contributed by atoms with van der Waals surface area (Å²) in [5.41, 5.74) is 4.84. The Morgan fingerprint density at radius 2 is 1.60 bits per heavy atom. The van der Waals surface area contributed by atoms with Crippen LogP contribution in [0, 0.1) is 18.9 Å². The van der Waals surface area contributed by atoms with Gasteiger partial charge in [0, 0.05) is 0 Å². The number of hydrogen-bond acceptors (Lipinski definition) is 0. The number of benzene rings is 1. The van der Waals surface area contributed by atoms with Crippen LogP contribution in [-0.4, -0.2) is 0 Å². The van der Waals surface area contributed by atoms with Gasteiger partial charge >= 0.3 is 0 Å². The Hall–Kier alpha value is -0.780. The molecule has 2 rings (SSSR count). The molecule has 0 saturated heterocycles. The molecule has 1 aliphatic carbocycles. The lowest BCUT2D eigenvalue weighted by atomic mass is 9.71. The van der Waals surface area contributed by atoms with Gasteiger partial charge in [-0.05, 0) is 46.4 Å². The van der Waals surface area contributed by atoms with E-state index in [-0.39, 0.29) is 5.41 Å². The molecular formula is C15H21. The summed E-state index contributed by atoms with van der Waals surface area (Å²) in [7, 11) is 0. The van der Waals surface area contributed by atoms with E-state index in [9.17, 15) is 0 Å². The first-order chi connectivity index (χ1) is 6.78. The summed E-state index contributed by atoms with van der Waals surface area (Å²) in [6, 6.07) is 7.87. The molecule has 0 heteroatoms. The second kappa shape index (κ2) is 2.87. The third-order valence-corrected chi connectivity index (χ3v) is 4.65.